The highest BCUT2D eigenvalue weighted by Crippen LogP contribution is 2.08. The van der Waals surface area contributed by atoms with E-state index >= 15 is 0 Å². The lowest BCUT2D eigenvalue weighted by Crippen LogP contribution is -2.48. The van der Waals surface area contributed by atoms with Crippen LogP contribution in [-0.4, -0.2) is 16.4 Å². The van der Waals surface area contributed by atoms with Gasteiger partial charge in [0.2, 0.25) is 5.91 Å². The summed E-state index contributed by atoms with van der Waals surface area (Å²) in [7, 11) is 0. The Morgan fingerprint density at radius 2 is 2.36 bits per heavy atom. The normalized spacial score (nSPS) is 11.4. The van der Waals surface area contributed by atoms with Gasteiger partial charge in [0.1, 0.15) is 5.01 Å². The number of nitrogens with two attached hydrogens (primary N) is 1. The molecule has 1 rings (SSSR count). The summed E-state index contributed by atoms with van der Waals surface area (Å²) in [5.41, 5.74) is 5.77. The van der Waals surface area contributed by atoms with Gasteiger partial charge in [-0.1, -0.05) is 0 Å². The van der Waals surface area contributed by atoms with Crippen LogP contribution in [0.25, 0.3) is 0 Å². The number of amides is 1. The van der Waals surface area contributed by atoms with E-state index in [1.165, 1.54) is 11.3 Å². The topological polar surface area (TPSA) is 68.0 Å². The van der Waals surface area contributed by atoms with Gasteiger partial charge >= 0.3 is 0 Å². The summed E-state index contributed by atoms with van der Waals surface area (Å²) in [5.74, 6) is -0.162. The second-order valence-electron chi connectivity index (χ2n) is 3.79. The molecule has 0 saturated heterocycles. The van der Waals surface area contributed by atoms with Crippen LogP contribution in [0.4, 0.5) is 0 Å². The number of carbonyl (C=O) groups excluding carboxylic acids is 1. The summed E-state index contributed by atoms with van der Waals surface area (Å²) in [5, 5.41) is 5.59. The molecule has 3 N–H and O–H groups in total. The average molecular weight is 213 g/mol. The molecule has 0 bridgehead atoms. The van der Waals surface area contributed by atoms with Gasteiger partial charge in [-0.25, -0.2) is 4.98 Å². The second kappa shape index (κ2) is 4.06. The lowest BCUT2D eigenvalue weighted by molar-refractivity contribution is -0.125. The van der Waals surface area contributed by atoms with Crippen molar-refractivity contribution in [1.29, 1.82) is 0 Å². The first-order valence-corrected chi connectivity index (χ1v) is 5.26. The first-order chi connectivity index (χ1) is 6.39. The number of thiazole rings is 1. The highest BCUT2D eigenvalue weighted by atomic mass is 32.1. The van der Waals surface area contributed by atoms with E-state index in [0.717, 1.165) is 10.7 Å². The maximum absolute atomic E-state index is 11.4. The molecule has 0 aliphatic carbocycles. The third-order valence-electron chi connectivity index (χ3n) is 1.65. The van der Waals surface area contributed by atoms with Crippen molar-refractivity contribution in [3.8, 4) is 0 Å². The molecule has 0 aliphatic rings. The van der Waals surface area contributed by atoms with Crippen LogP contribution in [0.1, 0.15) is 24.5 Å². The summed E-state index contributed by atoms with van der Waals surface area (Å²) in [6.45, 7) is 5.73. The van der Waals surface area contributed by atoms with Gasteiger partial charge in [-0.15, -0.1) is 11.3 Å². The van der Waals surface area contributed by atoms with Crippen molar-refractivity contribution in [3.63, 3.8) is 0 Å². The molecular formula is C9H15N3OS. The van der Waals surface area contributed by atoms with Crippen LogP contribution in [0.3, 0.4) is 0 Å². The fourth-order valence-corrected chi connectivity index (χ4v) is 1.58. The second-order valence-corrected chi connectivity index (χ2v) is 4.73. The van der Waals surface area contributed by atoms with E-state index < -0.39 is 5.54 Å². The van der Waals surface area contributed by atoms with E-state index in [-0.39, 0.29) is 5.91 Å². The molecule has 14 heavy (non-hydrogen) atoms. The molecule has 1 heterocycles. The van der Waals surface area contributed by atoms with Crippen LogP contribution in [0.15, 0.2) is 5.38 Å². The van der Waals surface area contributed by atoms with Crippen LogP contribution < -0.4 is 11.1 Å². The van der Waals surface area contributed by atoms with E-state index in [4.69, 9.17) is 5.73 Å². The molecule has 4 nitrogen and oxygen atoms in total. The Labute approximate surface area is 87.5 Å². The van der Waals surface area contributed by atoms with Gasteiger partial charge in [0, 0.05) is 11.1 Å². The van der Waals surface area contributed by atoms with Crippen LogP contribution >= 0.6 is 11.3 Å². The molecule has 0 saturated carbocycles. The summed E-state index contributed by atoms with van der Waals surface area (Å²) < 4.78 is 0. The lowest BCUT2D eigenvalue weighted by atomic mass is 10.1. The van der Waals surface area contributed by atoms with Crippen LogP contribution in [0.2, 0.25) is 0 Å². The highest BCUT2D eigenvalue weighted by Gasteiger charge is 2.21. The zero-order valence-corrected chi connectivity index (χ0v) is 9.44. The predicted octanol–water partition coefficient (Wildman–Crippen LogP) is 0.805. The molecular weight excluding hydrogens is 198 g/mol. The molecule has 0 aliphatic heterocycles. The van der Waals surface area contributed by atoms with Gasteiger partial charge in [0.15, 0.2) is 0 Å². The van der Waals surface area contributed by atoms with E-state index in [1.807, 2.05) is 12.3 Å². The molecule has 5 heteroatoms. The SMILES string of the molecule is Cc1csc(CNC(=O)C(C)(C)N)n1. The molecule has 0 spiro atoms. The van der Waals surface area contributed by atoms with E-state index in [1.54, 1.807) is 13.8 Å². The number of aromatic nitrogens is 1. The molecule has 1 aromatic rings. The van der Waals surface area contributed by atoms with Gasteiger partial charge in [0.05, 0.1) is 12.1 Å². The fourth-order valence-electron chi connectivity index (χ4n) is 0.868. The summed E-state index contributed by atoms with van der Waals surface area (Å²) in [4.78, 5) is 15.6. The summed E-state index contributed by atoms with van der Waals surface area (Å²) >= 11 is 1.54. The first kappa shape index (κ1) is 11.1. The van der Waals surface area contributed by atoms with Crippen LogP contribution in [-0.2, 0) is 11.3 Å². The van der Waals surface area contributed by atoms with Gasteiger partial charge < -0.3 is 11.1 Å². The van der Waals surface area contributed by atoms with Crippen molar-refractivity contribution in [1.82, 2.24) is 10.3 Å². The zero-order chi connectivity index (χ0) is 10.8. The largest absolute Gasteiger partial charge is 0.348 e. The zero-order valence-electron chi connectivity index (χ0n) is 8.63. The van der Waals surface area contributed by atoms with Crippen molar-refractivity contribution in [2.45, 2.75) is 32.9 Å². The lowest BCUT2D eigenvalue weighted by Gasteiger charge is -2.16. The number of rotatable bonds is 3. The van der Waals surface area contributed by atoms with Crippen molar-refractivity contribution < 1.29 is 4.79 Å². The Hall–Kier alpha value is -0.940. The van der Waals surface area contributed by atoms with Gasteiger partial charge in [-0.05, 0) is 20.8 Å². The number of hydrogen-bond acceptors (Lipinski definition) is 4. The minimum Gasteiger partial charge on any atom is -0.348 e. The Morgan fingerprint density at radius 3 is 2.79 bits per heavy atom. The molecule has 0 radical (unpaired) electrons. The quantitative estimate of drug-likeness (QED) is 0.780. The van der Waals surface area contributed by atoms with Gasteiger partial charge in [-0.2, -0.15) is 0 Å². The third kappa shape index (κ3) is 3.08. The van der Waals surface area contributed by atoms with Crippen molar-refractivity contribution in [2.75, 3.05) is 0 Å². The molecule has 1 aromatic heterocycles. The standard InChI is InChI=1S/C9H15N3OS/c1-6-5-14-7(12-6)4-11-8(13)9(2,3)10/h5H,4,10H2,1-3H3,(H,11,13). The maximum Gasteiger partial charge on any atom is 0.239 e. The van der Waals surface area contributed by atoms with E-state index in [0.29, 0.717) is 6.54 Å². The molecule has 0 aromatic carbocycles. The summed E-state index contributed by atoms with van der Waals surface area (Å²) in [6, 6.07) is 0. The number of nitrogens with one attached hydrogen (secondary N) is 1. The third-order valence-corrected chi connectivity index (χ3v) is 2.62. The van der Waals surface area contributed by atoms with Crippen molar-refractivity contribution in [3.05, 3.63) is 16.1 Å². The maximum atomic E-state index is 11.4. The number of carbonyl (C=O) groups is 1. The smallest absolute Gasteiger partial charge is 0.239 e. The minimum absolute atomic E-state index is 0.162. The van der Waals surface area contributed by atoms with Crippen LogP contribution in [0, 0.1) is 6.92 Å². The molecule has 0 unspecified atom stereocenters. The first-order valence-electron chi connectivity index (χ1n) is 4.38. The van der Waals surface area contributed by atoms with Crippen molar-refractivity contribution in [2.24, 2.45) is 5.73 Å². The molecule has 0 atom stereocenters. The Bertz CT molecular complexity index is 327. The minimum atomic E-state index is -0.827. The van der Waals surface area contributed by atoms with E-state index in [2.05, 4.69) is 10.3 Å². The van der Waals surface area contributed by atoms with Gasteiger partial charge in [0.25, 0.3) is 0 Å². The Morgan fingerprint density at radius 1 is 1.71 bits per heavy atom. The Kier molecular flexibility index (Phi) is 3.23. The van der Waals surface area contributed by atoms with E-state index in [9.17, 15) is 4.79 Å². The van der Waals surface area contributed by atoms with Crippen molar-refractivity contribution >= 4 is 17.2 Å². The molecule has 1 amide bonds. The summed E-state index contributed by atoms with van der Waals surface area (Å²) in [6.07, 6.45) is 0. The predicted molar refractivity (Wildman–Crippen MR) is 57.0 cm³/mol. The number of nitrogens with zero attached hydrogens (tertiary/aromatic N) is 1. The monoisotopic (exact) mass is 213 g/mol. The molecule has 0 fully saturated rings. The fraction of sp³-hybridized carbons (Fsp3) is 0.556. The Balaban J connectivity index is 2.46. The number of aryl methyl sites for hydroxylation is 1. The molecule has 78 valence electrons. The highest BCUT2D eigenvalue weighted by molar-refractivity contribution is 7.09. The van der Waals surface area contributed by atoms with Gasteiger partial charge in [-0.3, -0.25) is 4.79 Å². The van der Waals surface area contributed by atoms with Crippen LogP contribution in [0.5, 0.6) is 0 Å². The number of hydrogen-bond donors (Lipinski definition) is 2. The average Bonchev–Trinajstić information content (AvgIpc) is 2.45.